The fourth-order valence-corrected chi connectivity index (χ4v) is 1.57. The van der Waals surface area contributed by atoms with Crippen molar-refractivity contribution < 1.29 is 4.74 Å². The van der Waals surface area contributed by atoms with Crippen LogP contribution < -0.4 is 16.0 Å². The van der Waals surface area contributed by atoms with Crippen LogP contribution in [0.4, 0.5) is 0 Å². The molecule has 1 saturated heterocycles. The van der Waals surface area contributed by atoms with Crippen LogP contribution in [-0.2, 0) is 4.74 Å². The number of ether oxygens (including phenoxy) is 1. The van der Waals surface area contributed by atoms with Crippen molar-refractivity contribution in [1.82, 2.24) is 20.9 Å². The Morgan fingerprint density at radius 2 is 1.80 bits per heavy atom. The molecule has 0 aromatic carbocycles. The second-order valence-corrected chi connectivity index (χ2v) is 3.94. The number of hydrogen-bond acceptors (Lipinski definition) is 5. The van der Waals surface area contributed by atoms with E-state index in [4.69, 9.17) is 4.74 Å². The molecule has 0 amide bonds. The molecule has 5 nitrogen and oxygen atoms in total. The van der Waals surface area contributed by atoms with Crippen LogP contribution in [0.25, 0.3) is 0 Å². The fourth-order valence-electron chi connectivity index (χ4n) is 1.57. The highest BCUT2D eigenvalue weighted by Crippen LogP contribution is 1.85. The molecule has 1 heterocycles. The normalized spacial score (nSPS) is 28.0. The second-order valence-electron chi connectivity index (χ2n) is 3.94. The molecule has 0 aromatic heterocycles. The standard InChI is InChI=1S/C10H24N4O/c1-14-7-5-11-3-4-12-9-10(15-2)13-6-8-14/h10-13H,3-9H2,1-2H3. The van der Waals surface area contributed by atoms with Crippen molar-refractivity contribution in [3.8, 4) is 0 Å². The maximum absolute atomic E-state index is 5.32. The fraction of sp³-hybridized carbons (Fsp3) is 1.00. The van der Waals surface area contributed by atoms with Crippen LogP contribution >= 0.6 is 0 Å². The zero-order valence-electron chi connectivity index (χ0n) is 9.88. The van der Waals surface area contributed by atoms with Gasteiger partial charge in [0.25, 0.3) is 0 Å². The average molecular weight is 216 g/mol. The Balaban J connectivity index is 2.26. The van der Waals surface area contributed by atoms with Gasteiger partial charge in [0.2, 0.25) is 0 Å². The first-order chi connectivity index (χ1) is 7.33. The van der Waals surface area contributed by atoms with Crippen molar-refractivity contribution in [3.05, 3.63) is 0 Å². The van der Waals surface area contributed by atoms with E-state index in [0.717, 1.165) is 45.8 Å². The van der Waals surface area contributed by atoms with Crippen molar-refractivity contribution in [2.75, 3.05) is 60.0 Å². The van der Waals surface area contributed by atoms with Gasteiger partial charge in [-0.05, 0) is 7.05 Å². The Kier molecular flexibility index (Phi) is 6.87. The molecule has 3 N–H and O–H groups in total. The summed E-state index contributed by atoms with van der Waals surface area (Å²) in [6.07, 6.45) is 0.123. The summed E-state index contributed by atoms with van der Waals surface area (Å²) in [5.74, 6) is 0. The molecule has 0 aliphatic carbocycles. The first kappa shape index (κ1) is 12.9. The number of nitrogens with one attached hydrogen (secondary N) is 3. The van der Waals surface area contributed by atoms with E-state index in [9.17, 15) is 0 Å². The first-order valence-corrected chi connectivity index (χ1v) is 5.69. The van der Waals surface area contributed by atoms with Crippen molar-refractivity contribution in [2.24, 2.45) is 0 Å². The van der Waals surface area contributed by atoms with Crippen LogP contribution in [0.2, 0.25) is 0 Å². The zero-order chi connectivity index (χ0) is 10.9. The monoisotopic (exact) mass is 216 g/mol. The minimum absolute atomic E-state index is 0.123. The van der Waals surface area contributed by atoms with E-state index in [1.54, 1.807) is 7.11 Å². The molecule has 1 aliphatic heterocycles. The van der Waals surface area contributed by atoms with Gasteiger partial charge < -0.3 is 20.3 Å². The molecule has 0 bridgehead atoms. The molecule has 1 unspecified atom stereocenters. The van der Waals surface area contributed by atoms with Crippen molar-refractivity contribution in [2.45, 2.75) is 6.23 Å². The Labute approximate surface area is 92.5 Å². The third-order valence-electron chi connectivity index (χ3n) is 2.63. The van der Waals surface area contributed by atoms with Gasteiger partial charge in [0.1, 0.15) is 6.23 Å². The average Bonchev–Trinajstić information content (AvgIpc) is 2.23. The van der Waals surface area contributed by atoms with E-state index >= 15 is 0 Å². The summed E-state index contributed by atoms with van der Waals surface area (Å²) in [4.78, 5) is 2.32. The zero-order valence-corrected chi connectivity index (χ0v) is 9.88. The summed E-state index contributed by atoms with van der Waals surface area (Å²) < 4.78 is 5.32. The number of rotatable bonds is 1. The Bertz CT molecular complexity index is 156. The highest BCUT2D eigenvalue weighted by atomic mass is 16.5. The van der Waals surface area contributed by atoms with E-state index in [2.05, 4.69) is 27.9 Å². The minimum Gasteiger partial charge on any atom is -0.365 e. The third-order valence-corrected chi connectivity index (χ3v) is 2.63. The van der Waals surface area contributed by atoms with Gasteiger partial charge >= 0.3 is 0 Å². The van der Waals surface area contributed by atoms with Crippen molar-refractivity contribution >= 4 is 0 Å². The Morgan fingerprint density at radius 3 is 2.60 bits per heavy atom. The van der Waals surface area contributed by atoms with Gasteiger partial charge in [-0.3, -0.25) is 5.32 Å². The highest BCUT2D eigenvalue weighted by molar-refractivity contribution is 4.65. The van der Waals surface area contributed by atoms with E-state index in [0.29, 0.717) is 0 Å². The summed E-state index contributed by atoms with van der Waals surface area (Å²) in [6.45, 7) is 7.06. The Hall–Kier alpha value is -0.200. The van der Waals surface area contributed by atoms with Crippen LogP contribution in [-0.4, -0.2) is 71.1 Å². The van der Waals surface area contributed by atoms with Gasteiger partial charge in [0.05, 0.1) is 0 Å². The smallest absolute Gasteiger partial charge is 0.120 e. The van der Waals surface area contributed by atoms with E-state index < -0.39 is 0 Å². The lowest BCUT2D eigenvalue weighted by atomic mass is 10.4. The van der Waals surface area contributed by atoms with Crippen molar-refractivity contribution in [3.63, 3.8) is 0 Å². The van der Waals surface area contributed by atoms with Crippen molar-refractivity contribution in [1.29, 1.82) is 0 Å². The van der Waals surface area contributed by atoms with Crippen LogP contribution in [0.15, 0.2) is 0 Å². The van der Waals surface area contributed by atoms with Crippen LogP contribution in [0.3, 0.4) is 0 Å². The molecule has 1 atom stereocenters. The number of nitrogens with zero attached hydrogens (tertiary/aromatic N) is 1. The summed E-state index contributed by atoms with van der Waals surface area (Å²) in [7, 11) is 3.89. The molecule has 0 aromatic rings. The lowest BCUT2D eigenvalue weighted by Gasteiger charge is -2.22. The molecule has 1 aliphatic rings. The molecule has 0 spiro atoms. The van der Waals surface area contributed by atoms with Crippen LogP contribution in [0.1, 0.15) is 0 Å². The summed E-state index contributed by atoms with van der Waals surface area (Å²) in [6, 6.07) is 0. The van der Waals surface area contributed by atoms with Crippen LogP contribution in [0, 0.1) is 0 Å². The highest BCUT2D eigenvalue weighted by Gasteiger charge is 2.06. The third kappa shape index (κ3) is 6.06. The Morgan fingerprint density at radius 1 is 1.07 bits per heavy atom. The van der Waals surface area contributed by atoms with Gasteiger partial charge in [0, 0.05) is 52.9 Å². The van der Waals surface area contributed by atoms with E-state index in [1.807, 2.05) is 0 Å². The maximum atomic E-state index is 5.32. The SMILES string of the molecule is COC1CNCCNCCN(C)CCN1. The molecule has 90 valence electrons. The predicted octanol–water partition coefficient (Wildman–Crippen LogP) is -1.33. The predicted molar refractivity (Wildman–Crippen MR) is 62.0 cm³/mol. The molecule has 1 rings (SSSR count). The van der Waals surface area contributed by atoms with Gasteiger partial charge in [-0.1, -0.05) is 0 Å². The maximum Gasteiger partial charge on any atom is 0.120 e. The molecular weight excluding hydrogens is 192 g/mol. The number of methoxy groups -OCH3 is 1. The first-order valence-electron chi connectivity index (χ1n) is 5.69. The molecule has 15 heavy (non-hydrogen) atoms. The van der Waals surface area contributed by atoms with E-state index in [1.165, 1.54) is 0 Å². The van der Waals surface area contributed by atoms with Gasteiger partial charge in [-0.25, -0.2) is 0 Å². The summed E-state index contributed by atoms with van der Waals surface area (Å²) in [5, 5.41) is 10.1. The molecule has 1 fully saturated rings. The number of likely N-dealkylation sites (N-methyl/N-ethyl adjacent to an activating group) is 1. The summed E-state index contributed by atoms with van der Waals surface area (Å²) in [5.41, 5.74) is 0. The van der Waals surface area contributed by atoms with Gasteiger partial charge in [0.15, 0.2) is 0 Å². The lowest BCUT2D eigenvalue weighted by Crippen LogP contribution is -2.46. The molecule has 5 heteroatoms. The topological polar surface area (TPSA) is 48.6 Å². The van der Waals surface area contributed by atoms with E-state index in [-0.39, 0.29) is 6.23 Å². The number of hydrogen-bond donors (Lipinski definition) is 3. The van der Waals surface area contributed by atoms with Gasteiger partial charge in [-0.2, -0.15) is 0 Å². The van der Waals surface area contributed by atoms with Gasteiger partial charge in [-0.15, -0.1) is 0 Å². The minimum atomic E-state index is 0.123. The molecule has 0 saturated carbocycles. The lowest BCUT2D eigenvalue weighted by molar-refractivity contribution is 0.0714. The largest absolute Gasteiger partial charge is 0.365 e. The summed E-state index contributed by atoms with van der Waals surface area (Å²) >= 11 is 0. The van der Waals surface area contributed by atoms with Crippen LogP contribution in [0.5, 0.6) is 0 Å². The second kappa shape index (κ2) is 8.01. The molecule has 0 radical (unpaired) electrons. The molecular formula is C10H24N4O. The quantitative estimate of drug-likeness (QED) is 0.507.